The first-order valence-electron chi connectivity index (χ1n) is 12.4. The highest BCUT2D eigenvalue weighted by Crippen LogP contribution is 2.48. The number of benzene rings is 1. The van der Waals surface area contributed by atoms with Crippen molar-refractivity contribution in [3.05, 3.63) is 41.5 Å². The van der Waals surface area contributed by atoms with Gasteiger partial charge in [0.15, 0.2) is 0 Å². The Balaban J connectivity index is -0.000000419. The molecule has 1 atom stereocenters. The molecule has 1 N–H and O–H groups in total. The minimum absolute atomic E-state index is 0.394. The predicted octanol–water partition coefficient (Wildman–Crippen LogP) is 9.34. The molecule has 178 valence electrons. The minimum atomic E-state index is 0.394. The molecule has 1 rings (SSSR count). The van der Waals surface area contributed by atoms with E-state index >= 15 is 0 Å². The lowest BCUT2D eigenvalue weighted by Gasteiger charge is -2.49. The van der Waals surface area contributed by atoms with E-state index in [0.29, 0.717) is 10.8 Å². The monoisotopic (exact) mass is 419 g/mol. The number of rotatable bonds is 8. The summed E-state index contributed by atoms with van der Waals surface area (Å²) in [5, 5.41) is 3.36. The molecule has 1 aromatic rings. The van der Waals surface area contributed by atoms with Gasteiger partial charge in [0.25, 0.3) is 0 Å². The second kappa shape index (κ2) is 17.6. The maximum atomic E-state index is 3.94. The van der Waals surface area contributed by atoms with Crippen molar-refractivity contribution < 1.29 is 0 Å². The van der Waals surface area contributed by atoms with Gasteiger partial charge in [0, 0.05) is 6.54 Å². The Bertz CT molecular complexity index is 551. The van der Waals surface area contributed by atoms with Crippen LogP contribution in [-0.2, 0) is 6.42 Å². The van der Waals surface area contributed by atoms with Crippen LogP contribution in [0.15, 0.2) is 24.8 Å². The highest BCUT2D eigenvalue weighted by Gasteiger charge is 2.43. The van der Waals surface area contributed by atoms with Crippen LogP contribution in [0, 0.1) is 23.7 Å². The summed E-state index contributed by atoms with van der Waals surface area (Å²) in [6, 6.07) is 6.58. The Morgan fingerprint density at radius 2 is 1.47 bits per heavy atom. The first-order valence-corrected chi connectivity index (χ1v) is 12.4. The van der Waals surface area contributed by atoms with Gasteiger partial charge in [0.2, 0.25) is 0 Å². The second-order valence-corrected chi connectivity index (χ2v) is 8.65. The van der Waals surface area contributed by atoms with Gasteiger partial charge in [0.1, 0.15) is 0 Å². The van der Waals surface area contributed by atoms with Gasteiger partial charge in [-0.15, -0.1) is 0 Å². The van der Waals surface area contributed by atoms with E-state index in [1.807, 2.05) is 34.6 Å². The summed E-state index contributed by atoms with van der Waals surface area (Å²) in [5.74, 6) is 0.722. The standard InChI is InChI=1S/C13H29N.C12H16.2C2H6/c1-8-12(5,9-2)13(6,10-14-7)11(3)4;1-5-11-6-7-12(9(2)3)10(4)8-11;2*1-2/h11,14H,8-10H2,1-7H3;6-8H,2,5H2,1,3-4H3;2*1-2H3. The molecular formula is C29H57N. The Labute approximate surface area is 192 Å². The molecule has 1 heteroatoms. The molecule has 30 heavy (non-hydrogen) atoms. The van der Waals surface area contributed by atoms with E-state index in [1.165, 1.54) is 29.5 Å². The molecule has 1 aromatic carbocycles. The third kappa shape index (κ3) is 9.82. The topological polar surface area (TPSA) is 12.0 Å². The number of nitrogens with one attached hydrogen (secondary N) is 1. The molecule has 0 aromatic heterocycles. The first-order chi connectivity index (χ1) is 14.0. The lowest BCUT2D eigenvalue weighted by atomic mass is 9.57. The summed E-state index contributed by atoms with van der Waals surface area (Å²) in [6.07, 6.45) is 3.64. The van der Waals surface area contributed by atoms with E-state index in [0.717, 1.165) is 24.5 Å². The normalized spacial score (nSPS) is 12.4. The summed E-state index contributed by atoms with van der Waals surface area (Å²) in [6.45, 7) is 33.6. The number of hydrogen-bond acceptors (Lipinski definition) is 1. The summed E-state index contributed by atoms with van der Waals surface area (Å²) in [5.41, 5.74) is 6.01. The molecule has 0 amide bonds. The SMILES string of the molecule is C=C(C)c1ccc(CC)cc1C.CC.CC.CCC(C)(CC)C(C)(CNC)C(C)C. The van der Waals surface area contributed by atoms with Crippen molar-refractivity contribution >= 4 is 5.57 Å². The molecule has 0 fully saturated rings. The van der Waals surface area contributed by atoms with Crippen LogP contribution < -0.4 is 5.32 Å². The molecule has 0 spiro atoms. The van der Waals surface area contributed by atoms with Crippen LogP contribution in [0.4, 0.5) is 0 Å². The van der Waals surface area contributed by atoms with Crippen molar-refractivity contribution in [1.29, 1.82) is 0 Å². The fourth-order valence-electron chi connectivity index (χ4n) is 3.96. The minimum Gasteiger partial charge on any atom is -0.319 e. The van der Waals surface area contributed by atoms with Crippen LogP contribution in [0.1, 0.15) is 113 Å². The molecule has 1 nitrogen and oxygen atoms in total. The van der Waals surface area contributed by atoms with Crippen molar-refractivity contribution in [3.8, 4) is 0 Å². The maximum Gasteiger partial charge on any atom is 0.000982 e. The van der Waals surface area contributed by atoms with Gasteiger partial charge >= 0.3 is 0 Å². The fourth-order valence-corrected chi connectivity index (χ4v) is 3.96. The first kappa shape index (κ1) is 33.6. The van der Waals surface area contributed by atoms with Gasteiger partial charge in [-0.3, -0.25) is 0 Å². The summed E-state index contributed by atoms with van der Waals surface area (Å²) in [4.78, 5) is 0. The molecule has 0 radical (unpaired) electrons. The number of allylic oxidation sites excluding steroid dienone is 1. The Kier molecular flexibility index (Phi) is 19.7. The van der Waals surface area contributed by atoms with E-state index in [-0.39, 0.29) is 0 Å². The molecule has 0 aliphatic heterocycles. The average molecular weight is 420 g/mol. The maximum absolute atomic E-state index is 3.94. The summed E-state index contributed by atoms with van der Waals surface area (Å²) in [7, 11) is 2.06. The summed E-state index contributed by atoms with van der Waals surface area (Å²) >= 11 is 0. The van der Waals surface area contributed by atoms with E-state index in [4.69, 9.17) is 0 Å². The van der Waals surface area contributed by atoms with Gasteiger partial charge in [-0.2, -0.15) is 0 Å². The molecule has 0 bridgehead atoms. The van der Waals surface area contributed by atoms with E-state index in [1.54, 1.807) is 0 Å². The second-order valence-electron chi connectivity index (χ2n) is 8.65. The quantitative estimate of drug-likeness (QED) is 0.442. The van der Waals surface area contributed by atoms with Gasteiger partial charge in [0.05, 0.1) is 0 Å². The number of hydrogen-bond donors (Lipinski definition) is 1. The van der Waals surface area contributed by atoms with Gasteiger partial charge in [-0.1, -0.05) is 119 Å². The zero-order valence-corrected chi connectivity index (χ0v) is 23.3. The molecule has 0 saturated carbocycles. The van der Waals surface area contributed by atoms with Gasteiger partial charge in [-0.05, 0) is 60.8 Å². The lowest BCUT2D eigenvalue weighted by Crippen LogP contribution is -2.47. The van der Waals surface area contributed by atoms with Crippen molar-refractivity contribution in [2.45, 2.75) is 109 Å². The average Bonchev–Trinajstić information content (AvgIpc) is 2.75. The molecule has 1 unspecified atom stereocenters. The largest absolute Gasteiger partial charge is 0.319 e. The van der Waals surface area contributed by atoms with Gasteiger partial charge < -0.3 is 5.32 Å². The molecule has 0 aliphatic carbocycles. The smallest absolute Gasteiger partial charge is 0.000982 e. The van der Waals surface area contributed by atoms with Crippen LogP contribution in [-0.4, -0.2) is 13.6 Å². The Morgan fingerprint density at radius 3 is 1.73 bits per heavy atom. The third-order valence-electron chi connectivity index (χ3n) is 6.92. The molecule has 0 saturated heterocycles. The number of aryl methyl sites for hydroxylation is 2. The van der Waals surface area contributed by atoms with Crippen LogP contribution in [0.2, 0.25) is 0 Å². The van der Waals surface area contributed by atoms with E-state index < -0.39 is 0 Å². The zero-order valence-electron chi connectivity index (χ0n) is 23.3. The van der Waals surface area contributed by atoms with Crippen LogP contribution in [0.25, 0.3) is 5.57 Å². The van der Waals surface area contributed by atoms with Crippen LogP contribution in [0.3, 0.4) is 0 Å². The van der Waals surface area contributed by atoms with Crippen molar-refractivity contribution in [2.75, 3.05) is 13.6 Å². The summed E-state index contributed by atoms with van der Waals surface area (Å²) < 4.78 is 0. The fraction of sp³-hybridized carbons (Fsp3) is 0.724. The van der Waals surface area contributed by atoms with Crippen LogP contribution in [0.5, 0.6) is 0 Å². The zero-order chi connectivity index (χ0) is 24.5. The predicted molar refractivity (Wildman–Crippen MR) is 144 cm³/mol. The van der Waals surface area contributed by atoms with Gasteiger partial charge in [-0.25, -0.2) is 0 Å². The Hall–Kier alpha value is -1.08. The van der Waals surface area contributed by atoms with Crippen molar-refractivity contribution in [2.24, 2.45) is 16.7 Å². The third-order valence-corrected chi connectivity index (χ3v) is 6.92. The highest BCUT2D eigenvalue weighted by atomic mass is 14.8. The van der Waals surface area contributed by atoms with E-state index in [9.17, 15) is 0 Å². The van der Waals surface area contributed by atoms with Crippen LogP contribution >= 0.6 is 0 Å². The van der Waals surface area contributed by atoms with Crippen molar-refractivity contribution in [1.82, 2.24) is 5.32 Å². The van der Waals surface area contributed by atoms with Crippen molar-refractivity contribution in [3.63, 3.8) is 0 Å². The Morgan fingerprint density at radius 1 is 1.00 bits per heavy atom. The molecule has 0 aliphatic rings. The van der Waals surface area contributed by atoms with E-state index in [2.05, 4.69) is 92.5 Å². The highest BCUT2D eigenvalue weighted by molar-refractivity contribution is 5.64. The molecular weight excluding hydrogens is 362 g/mol. The lowest BCUT2D eigenvalue weighted by molar-refractivity contribution is 0.0142. The molecule has 0 heterocycles.